The Morgan fingerprint density at radius 1 is 1.40 bits per heavy atom. The van der Waals surface area contributed by atoms with Gasteiger partial charge in [-0.3, -0.25) is 9.69 Å². The minimum absolute atomic E-state index is 0.190. The molecule has 8 nitrogen and oxygen atoms in total. The number of nitrogens with zero attached hydrogens (tertiary/aromatic N) is 3. The van der Waals surface area contributed by atoms with Gasteiger partial charge in [0.2, 0.25) is 5.88 Å². The minimum Gasteiger partial charge on any atom is -0.493 e. The highest BCUT2D eigenvalue weighted by Gasteiger charge is 2.33. The van der Waals surface area contributed by atoms with Crippen LogP contribution >= 0.6 is 0 Å². The summed E-state index contributed by atoms with van der Waals surface area (Å²) in [6, 6.07) is 1.46. The van der Waals surface area contributed by atoms with Crippen LogP contribution in [0.15, 0.2) is 10.9 Å². The van der Waals surface area contributed by atoms with Gasteiger partial charge in [-0.05, 0) is 47.0 Å². The Bertz CT molecular complexity index is 862. The SMILES string of the molecule is Cc1c(O)n2nc(C3CCCCN3C(=O)OC(C)(C)C)cc2[nH]c1=O. The second kappa shape index (κ2) is 6.09. The van der Waals surface area contributed by atoms with Crippen molar-refractivity contribution in [1.82, 2.24) is 19.5 Å². The van der Waals surface area contributed by atoms with Crippen molar-refractivity contribution in [3.05, 3.63) is 27.7 Å². The van der Waals surface area contributed by atoms with Crippen LogP contribution in [0.4, 0.5) is 4.79 Å². The van der Waals surface area contributed by atoms with E-state index in [0.29, 0.717) is 17.9 Å². The molecule has 1 aliphatic heterocycles. The maximum Gasteiger partial charge on any atom is 0.410 e. The number of carbonyl (C=O) groups is 1. The van der Waals surface area contributed by atoms with Gasteiger partial charge in [0.15, 0.2) is 0 Å². The first-order valence-electron chi connectivity index (χ1n) is 8.48. The number of hydrogen-bond donors (Lipinski definition) is 2. The molecule has 0 spiro atoms. The Morgan fingerprint density at radius 3 is 2.80 bits per heavy atom. The summed E-state index contributed by atoms with van der Waals surface area (Å²) in [5, 5.41) is 14.6. The lowest BCUT2D eigenvalue weighted by Gasteiger charge is -2.35. The third-order valence-electron chi connectivity index (χ3n) is 4.32. The molecule has 0 saturated carbocycles. The molecule has 1 aliphatic rings. The van der Waals surface area contributed by atoms with Gasteiger partial charge in [0.25, 0.3) is 5.56 Å². The van der Waals surface area contributed by atoms with Crippen LogP contribution < -0.4 is 5.56 Å². The molecule has 25 heavy (non-hydrogen) atoms. The van der Waals surface area contributed by atoms with E-state index in [2.05, 4.69) is 10.1 Å². The van der Waals surface area contributed by atoms with Gasteiger partial charge >= 0.3 is 6.09 Å². The quantitative estimate of drug-likeness (QED) is 0.825. The molecule has 2 N–H and O–H groups in total. The van der Waals surface area contributed by atoms with Crippen LogP contribution in [-0.4, -0.2) is 42.8 Å². The zero-order valence-corrected chi connectivity index (χ0v) is 15.0. The molecule has 1 saturated heterocycles. The number of carbonyl (C=O) groups excluding carboxylic acids is 1. The van der Waals surface area contributed by atoms with E-state index in [1.807, 2.05) is 20.8 Å². The molecule has 2 aromatic rings. The van der Waals surface area contributed by atoms with E-state index >= 15 is 0 Å². The molecule has 3 rings (SSSR count). The Hall–Kier alpha value is -2.51. The predicted octanol–water partition coefficient (Wildman–Crippen LogP) is 2.50. The average Bonchev–Trinajstić information content (AvgIpc) is 2.95. The number of ether oxygens (including phenoxy) is 1. The van der Waals surface area contributed by atoms with E-state index in [1.165, 1.54) is 11.4 Å². The number of aromatic amines is 1. The van der Waals surface area contributed by atoms with Crippen molar-refractivity contribution in [3.63, 3.8) is 0 Å². The van der Waals surface area contributed by atoms with Crippen molar-refractivity contribution < 1.29 is 14.6 Å². The topological polar surface area (TPSA) is 99.9 Å². The van der Waals surface area contributed by atoms with Crippen LogP contribution in [0.5, 0.6) is 5.88 Å². The van der Waals surface area contributed by atoms with Crippen molar-refractivity contribution in [1.29, 1.82) is 0 Å². The first-order chi connectivity index (χ1) is 11.7. The molecular weight excluding hydrogens is 324 g/mol. The summed E-state index contributed by atoms with van der Waals surface area (Å²) >= 11 is 0. The van der Waals surface area contributed by atoms with Crippen LogP contribution in [0, 0.1) is 6.92 Å². The summed E-state index contributed by atoms with van der Waals surface area (Å²) in [6.07, 6.45) is 2.26. The third-order valence-corrected chi connectivity index (χ3v) is 4.32. The molecule has 0 radical (unpaired) electrons. The molecule has 8 heteroatoms. The largest absolute Gasteiger partial charge is 0.493 e. The number of H-pyrrole nitrogens is 1. The molecular formula is C17H24N4O4. The van der Waals surface area contributed by atoms with Crippen LogP contribution in [0.2, 0.25) is 0 Å². The van der Waals surface area contributed by atoms with Crippen LogP contribution in [0.1, 0.15) is 57.3 Å². The van der Waals surface area contributed by atoms with Gasteiger partial charge in [0, 0.05) is 12.6 Å². The molecule has 1 atom stereocenters. The van der Waals surface area contributed by atoms with E-state index in [-0.39, 0.29) is 29.1 Å². The van der Waals surface area contributed by atoms with Gasteiger partial charge < -0.3 is 14.8 Å². The highest BCUT2D eigenvalue weighted by molar-refractivity contribution is 5.69. The van der Waals surface area contributed by atoms with E-state index in [1.54, 1.807) is 11.0 Å². The summed E-state index contributed by atoms with van der Waals surface area (Å²) in [4.78, 5) is 28.7. The first-order valence-corrected chi connectivity index (χ1v) is 8.48. The van der Waals surface area contributed by atoms with Gasteiger partial charge in [-0.25, -0.2) is 4.79 Å². The maximum atomic E-state index is 12.5. The number of hydrogen-bond acceptors (Lipinski definition) is 5. The highest BCUT2D eigenvalue weighted by Crippen LogP contribution is 2.32. The first kappa shape index (κ1) is 17.3. The molecule has 0 aliphatic carbocycles. The molecule has 136 valence electrons. The molecule has 3 heterocycles. The highest BCUT2D eigenvalue weighted by atomic mass is 16.6. The van der Waals surface area contributed by atoms with E-state index in [9.17, 15) is 14.7 Å². The molecule has 0 aromatic carbocycles. The number of fused-ring (bicyclic) bond motifs is 1. The Morgan fingerprint density at radius 2 is 2.12 bits per heavy atom. The number of amides is 1. The van der Waals surface area contributed by atoms with Crippen LogP contribution in [0.25, 0.3) is 5.65 Å². The van der Waals surface area contributed by atoms with Gasteiger partial charge in [-0.15, -0.1) is 0 Å². The number of aromatic nitrogens is 3. The maximum absolute atomic E-state index is 12.5. The lowest BCUT2D eigenvalue weighted by molar-refractivity contribution is 0.00897. The molecule has 1 amide bonds. The van der Waals surface area contributed by atoms with Crippen molar-refractivity contribution in [2.75, 3.05) is 6.54 Å². The number of nitrogens with one attached hydrogen (secondary N) is 1. The number of likely N-dealkylation sites (tertiary alicyclic amines) is 1. The Labute approximate surface area is 145 Å². The zero-order valence-electron chi connectivity index (χ0n) is 15.0. The van der Waals surface area contributed by atoms with Crippen molar-refractivity contribution in [2.24, 2.45) is 0 Å². The second-order valence-electron chi connectivity index (χ2n) is 7.45. The third kappa shape index (κ3) is 3.33. The lowest BCUT2D eigenvalue weighted by atomic mass is 10.00. The average molecular weight is 348 g/mol. The summed E-state index contributed by atoms with van der Waals surface area (Å²) < 4.78 is 6.81. The molecule has 1 unspecified atom stereocenters. The number of rotatable bonds is 1. The Kier molecular flexibility index (Phi) is 4.22. The molecule has 2 aromatic heterocycles. The van der Waals surface area contributed by atoms with Crippen molar-refractivity contribution in [2.45, 2.75) is 58.6 Å². The normalized spacial score (nSPS) is 18.6. The van der Waals surface area contributed by atoms with Gasteiger partial charge in [-0.1, -0.05) is 0 Å². The fourth-order valence-electron chi connectivity index (χ4n) is 3.06. The van der Waals surface area contributed by atoms with E-state index < -0.39 is 5.60 Å². The summed E-state index contributed by atoms with van der Waals surface area (Å²) in [7, 11) is 0. The molecule has 0 bridgehead atoms. The summed E-state index contributed by atoms with van der Waals surface area (Å²) in [5.74, 6) is -0.190. The summed E-state index contributed by atoms with van der Waals surface area (Å²) in [6.45, 7) is 7.62. The predicted molar refractivity (Wildman–Crippen MR) is 91.7 cm³/mol. The van der Waals surface area contributed by atoms with Gasteiger partial charge in [0.1, 0.15) is 11.2 Å². The fraction of sp³-hybridized carbons (Fsp3) is 0.588. The minimum atomic E-state index is -0.571. The van der Waals surface area contributed by atoms with Crippen LogP contribution in [-0.2, 0) is 4.74 Å². The summed E-state index contributed by atoms with van der Waals surface area (Å²) in [5.41, 5.74) is 0.303. The Balaban J connectivity index is 1.98. The van der Waals surface area contributed by atoms with Gasteiger partial charge in [-0.2, -0.15) is 9.61 Å². The van der Waals surface area contributed by atoms with Crippen LogP contribution in [0.3, 0.4) is 0 Å². The van der Waals surface area contributed by atoms with Crippen molar-refractivity contribution in [3.8, 4) is 5.88 Å². The van der Waals surface area contributed by atoms with E-state index in [0.717, 1.165) is 19.3 Å². The van der Waals surface area contributed by atoms with E-state index in [4.69, 9.17) is 4.74 Å². The molecule has 1 fully saturated rings. The lowest BCUT2D eigenvalue weighted by Crippen LogP contribution is -2.42. The number of aromatic hydroxyl groups is 1. The second-order valence-corrected chi connectivity index (χ2v) is 7.45. The monoisotopic (exact) mass is 348 g/mol. The standard InChI is InChI=1S/C17H24N4O4/c1-10-14(22)18-13-9-11(19-21(13)15(10)23)12-7-5-6-8-20(12)16(24)25-17(2,3)4/h9,12,23H,5-8H2,1-4H3,(H,18,22). The van der Waals surface area contributed by atoms with Gasteiger partial charge in [0.05, 0.1) is 17.3 Å². The van der Waals surface area contributed by atoms with Crippen molar-refractivity contribution >= 4 is 11.7 Å². The number of piperidine rings is 1. The fourth-order valence-corrected chi connectivity index (χ4v) is 3.06. The zero-order chi connectivity index (χ0) is 18.4. The smallest absolute Gasteiger partial charge is 0.410 e.